The van der Waals surface area contributed by atoms with E-state index in [1.165, 1.54) is 7.11 Å². The number of benzene rings is 1. The van der Waals surface area contributed by atoms with E-state index in [0.29, 0.717) is 19.4 Å². The fraction of sp³-hybridized carbons (Fsp3) is 0.556. The minimum atomic E-state index is -0.894. The van der Waals surface area contributed by atoms with Crippen molar-refractivity contribution in [2.45, 2.75) is 57.3 Å². The summed E-state index contributed by atoms with van der Waals surface area (Å²) in [6.45, 7) is 2.06. The first-order chi connectivity index (χ1) is 11.1. The molecule has 1 atom stereocenters. The summed E-state index contributed by atoms with van der Waals surface area (Å²) >= 11 is 0. The third kappa shape index (κ3) is 4.55. The Hall–Kier alpha value is -1.88. The molecule has 0 radical (unpaired) electrons. The van der Waals surface area contributed by atoms with Crippen LogP contribution in [0, 0.1) is 0 Å². The second kappa shape index (κ2) is 8.11. The third-order valence-corrected chi connectivity index (χ3v) is 4.36. The number of hydrogen-bond donors (Lipinski definition) is 1. The molecule has 0 saturated heterocycles. The van der Waals surface area contributed by atoms with E-state index in [2.05, 4.69) is 5.32 Å². The first-order valence-corrected chi connectivity index (χ1v) is 8.13. The molecular weight excluding hydrogens is 294 g/mol. The maximum Gasteiger partial charge on any atom is 0.331 e. The van der Waals surface area contributed by atoms with Crippen molar-refractivity contribution < 1.29 is 19.1 Å². The van der Waals surface area contributed by atoms with E-state index in [1.54, 1.807) is 6.92 Å². The van der Waals surface area contributed by atoms with Crippen molar-refractivity contribution in [1.29, 1.82) is 0 Å². The van der Waals surface area contributed by atoms with Crippen LogP contribution in [0.1, 0.15) is 44.6 Å². The number of carbonyl (C=O) groups excluding carboxylic acids is 2. The molecular formula is C18H25NO4. The fourth-order valence-corrected chi connectivity index (χ4v) is 2.94. The maximum atomic E-state index is 12.4. The zero-order valence-corrected chi connectivity index (χ0v) is 13.8. The van der Waals surface area contributed by atoms with Gasteiger partial charge in [-0.2, -0.15) is 0 Å². The van der Waals surface area contributed by atoms with Crippen LogP contribution in [0.4, 0.5) is 0 Å². The normalized spacial score (nSPS) is 18.0. The predicted molar refractivity (Wildman–Crippen MR) is 86.7 cm³/mol. The molecule has 1 aliphatic rings. The van der Waals surface area contributed by atoms with Gasteiger partial charge < -0.3 is 14.8 Å². The molecule has 2 rings (SSSR count). The number of rotatable bonds is 6. The summed E-state index contributed by atoms with van der Waals surface area (Å²) in [5, 5.41) is 2.88. The summed E-state index contributed by atoms with van der Waals surface area (Å²) in [6, 6.07) is 9.68. The number of carbonyl (C=O) groups is 2. The van der Waals surface area contributed by atoms with E-state index in [9.17, 15) is 9.59 Å². The van der Waals surface area contributed by atoms with E-state index < -0.39 is 11.6 Å². The van der Waals surface area contributed by atoms with Crippen LogP contribution in [0.25, 0.3) is 0 Å². The quantitative estimate of drug-likeness (QED) is 0.819. The Labute approximate surface area is 137 Å². The van der Waals surface area contributed by atoms with Crippen molar-refractivity contribution in [3.63, 3.8) is 0 Å². The topological polar surface area (TPSA) is 64.6 Å². The lowest BCUT2D eigenvalue weighted by Crippen LogP contribution is -2.58. The molecule has 0 bridgehead atoms. The van der Waals surface area contributed by atoms with Crippen molar-refractivity contribution >= 4 is 11.9 Å². The van der Waals surface area contributed by atoms with Crippen LogP contribution in [0.2, 0.25) is 0 Å². The van der Waals surface area contributed by atoms with Gasteiger partial charge in [-0.15, -0.1) is 0 Å². The zero-order valence-electron chi connectivity index (χ0n) is 13.8. The summed E-state index contributed by atoms with van der Waals surface area (Å²) in [6.07, 6.45) is 3.52. The highest BCUT2D eigenvalue weighted by Crippen LogP contribution is 2.29. The van der Waals surface area contributed by atoms with Crippen molar-refractivity contribution in [2.75, 3.05) is 7.11 Å². The van der Waals surface area contributed by atoms with E-state index in [-0.39, 0.29) is 11.9 Å². The van der Waals surface area contributed by atoms with Gasteiger partial charge in [0, 0.05) is 0 Å². The smallest absolute Gasteiger partial charge is 0.331 e. The lowest BCUT2D eigenvalue weighted by atomic mass is 9.81. The standard InChI is InChI=1S/C18H25NO4/c1-14(23-13-15-9-5-3-6-10-15)16(20)19-18(17(21)22-2)11-7-4-8-12-18/h3,5-6,9-10,14H,4,7-8,11-13H2,1-2H3,(H,19,20). The number of amides is 1. The molecule has 1 fully saturated rings. The van der Waals surface area contributed by atoms with Gasteiger partial charge in [0.05, 0.1) is 13.7 Å². The number of esters is 1. The summed E-state index contributed by atoms with van der Waals surface area (Å²) in [4.78, 5) is 24.6. The second-order valence-corrected chi connectivity index (χ2v) is 6.06. The summed E-state index contributed by atoms with van der Waals surface area (Å²) in [7, 11) is 1.36. The minimum Gasteiger partial charge on any atom is -0.467 e. The zero-order chi connectivity index (χ0) is 16.7. The minimum absolute atomic E-state index is 0.270. The molecule has 1 saturated carbocycles. The van der Waals surface area contributed by atoms with Crippen molar-refractivity contribution in [1.82, 2.24) is 5.32 Å². The summed E-state index contributed by atoms with van der Waals surface area (Å²) < 4.78 is 10.5. The van der Waals surface area contributed by atoms with Gasteiger partial charge in [-0.1, -0.05) is 49.6 Å². The Balaban J connectivity index is 1.93. The van der Waals surface area contributed by atoms with Crippen molar-refractivity contribution in [3.05, 3.63) is 35.9 Å². The lowest BCUT2D eigenvalue weighted by molar-refractivity contribution is -0.154. The van der Waals surface area contributed by atoms with Gasteiger partial charge in [0.15, 0.2) is 0 Å². The van der Waals surface area contributed by atoms with Crippen molar-refractivity contribution in [2.24, 2.45) is 0 Å². The van der Waals surface area contributed by atoms with Gasteiger partial charge in [-0.05, 0) is 25.3 Å². The van der Waals surface area contributed by atoms with Crippen LogP contribution < -0.4 is 5.32 Å². The molecule has 1 aliphatic carbocycles. The first kappa shape index (κ1) is 17.5. The second-order valence-electron chi connectivity index (χ2n) is 6.06. The molecule has 23 heavy (non-hydrogen) atoms. The highest BCUT2D eigenvalue weighted by atomic mass is 16.5. The van der Waals surface area contributed by atoms with Crippen LogP contribution in [-0.4, -0.2) is 30.6 Å². The molecule has 0 heterocycles. The van der Waals surface area contributed by atoms with E-state index in [4.69, 9.17) is 9.47 Å². The molecule has 5 heteroatoms. The largest absolute Gasteiger partial charge is 0.467 e. The number of methoxy groups -OCH3 is 1. The van der Waals surface area contributed by atoms with Gasteiger partial charge in [0.25, 0.3) is 0 Å². The van der Waals surface area contributed by atoms with Crippen LogP contribution in [0.15, 0.2) is 30.3 Å². The highest BCUT2D eigenvalue weighted by molar-refractivity contribution is 5.89. The molecule has 0 spiro atoms. The Bertz CT molecular complexity index is 523. The SMILES string of the molecule is COC(=O)C1(NC(=O)C(C)OCc2ccccc2)CCCCC1. The molecule has 1 N–H and O–H groups in total. The number of nitrogens with one attached hydrogen (secondary N) is 1. The Morgan fingerprint density at radius 2 is 1.83 bits per heavy atom. The summed E-state index contributed by atoms with van der Waals surface area (Å²) in [5.74, 6) is -0.631. The Morgan fingerprint density at radius 1 is 1.17 bits per heavy atom. The van der Waals surface area contributed by atoms with Crippen molar-refractivity contribution in [3.8, 4) is 0 Å². The fourth-order valence-electron chi connectivity index (χ4n) is 2.94. The van der Waals surface area contributed by atoms with Crippen LogP contribution in [0.5, 0.6) is 0 Å². The summed E-state index contributed by atoms with van der Waals surface area (Å²) in [5.41, 5.74) is 0.113. The molecule has 0 aromatic heterocycles. The number of ether oxygens (including phenoxy) is 2. The lowest BCUT2D eigenvalue weighted by Gasteiger charge is -2.35. The average Bonchev–Trinajstić information content (AvgIpc) is 2.60. The molecule has 1 amide bonds. The monoisotopic (exact) mass is 319 g/mol. The molecule has 126 valence electrons. The highest BCUT2D eigenvalue weighted by Gasteiger charge is 2.42. The molecule has 0 aliphatic heterocycles. The molecule has 5 nitrogen and oxygen atoms in total. The van der Waals surface area contributed by atoms with Gasteiger partial charge in [0.2, 0.25) is 5.91 Å². The molecule has 1 aromatic rings. The first-order valence-electron chi connectivity index (χ1n) is 8.13. The van der Waals surface area contributed by atoms with Crippen LogP contribution >= 0.6 is 0 Å². The maximum absolute atomic E-state index is 12.4. The van der Waals surface area contributed by atoms with Gasteiger partial charge in [-0.25, -0.2) is 4.79 Å². The van der Waals surface area contributed by atoms with E-state index in [1.807, 2.05) is 30.3 Å². The van der Waals surface area contributed by atoms with Gasteiger partial charge >= 0.3 is 5.97 Å². The van der Waals surface area contributed by atoms with Gasteiger partial charge in [0.1, 0.15) is 11.6 Å². The molecule has 1 unspecified atom stereocenters. The third-order valence-electron chi connectivity index (χ3n) is 4.36. The van der Waals surface area contributed by atoms with Gasteiger partial charge in [-0.3, -0.25) is 4.79 Å². The predicted octanol–water partition coefficient (Wildman–Crippen LogP) is 2.58. The molecule has 1 aromatic carbocycles. The van der Waals surface area contributed by atoms with E-state index >= 15 is 0 Å². The number of hydrogen-bond acceptors (Lipinski definition) is 4. The average molecular weight is 319 g/mol. The van der Waals surface area contributed by atoms with Crippen LogP contribution in [-0.2, 0) is 25.7 Å². The van der Waals surface area contributed by atoms with Crippen LogP contribution in [0.3, 0.4) is 0 Å². The Kier molecular flexibility index (Phi) is 6.16. The van der Waals surface area contributed by atoms with E-state index in [0.717, 1.165) is 24.8 Å². The Morgan fingerprint density at radius 3 is 2.43 bits per heavy atom.